The second-order valence-corrected chi connectivity index (χ2v) is 7.56. The average molecular weight is 529 g/mol. The number of carbonyl (C=O) groups excluding carboxylic acids is 2. The van der Waals surface area contributed by atoms with Crippen molar-refractivity contribution in [1.29, 1.82) is 0 Å². The molecule has 2 aromatic rings. The van der Waals surface area contributed by atoms with Gasteiger partial charge < -0.3 is 20.3 Å². The molecule has 1 atom stereocenters. The number of aldehydes is 1. The lowest BCUT2D eigenvalue weighted by Crippen LogP contribution is -2.44. The van der Waals surface area contributed by atoms with E-state index in [1.165, 1.54) is 23.1 Å². The van der Waals surface area contributed by atoms with Crippen LogP contribution < -0.4 is 15.4 Å². The van der Waals surface area contributed by atoms with Gasteiger partial charge in [0, 0.05) is 31.0 Å². The molecule has 0 bridgehead atoms. The quantitative estimate of drug-likeness (QED) is 0.423. The molecule has 1 fully saturated rings. The first-order valence-electron chi connectivity index (χ1n) is 10.0. The molecule has 36 heavy (non-hydrogen) atoms. The molecule has 0 aliphatic carbocycles. The highest BCUT2D eigenvalue weighted by atomic mass is 19.4. The number of hydrogen-bond acceptors (Lipinski definition) is 5. The van der Waals surface area contributed by atoms with Gasteiger partial charge in [-0.25, -0.2) is 0 Å². The molecule has 0 unspecified atom stereocenters. The van der Waals surface area contributed by atoms with Crippen molar-refractivity contribution < 1.29 is 53.8 Å². The molecular weight excluding hydrogens is 513 g/mol. The van der Waals surface area contributed by atoms with Crippen LogP contribution in [0.1, 0.15) is 27.5 Å². The maximum atomic E-state index is 13.7. The number of anilines is 2. The largest absolute Gasteiger partial charge is 0.573 e. The molecule has 1 amide bonds. The van der Waals surface area contributed by atoms with Crippen LogP contribution in [0.25, 0.3) is 0 Å². The van der Waals surface area contributed by atoms with E-state index in [9.17, 15) is 44.3 Å². The Morgan fingerprint density at radius 1 is 0.972 bits per heavy atom. The van der Waals surface area contributed by atoms with E-state index in [0.29, 0.717) is 19.6 Å². The first-order chi connectivity index (χ1) is 16.6. The van der Waals surface area contributed by atoms with Crippen molar-refractivity contribution in [3.8, 4) is 5.75 Å². The highest BCUT2D eigenvalue weighted by Crippen LogP contribution is 2.44. The van der Waals surface area contributed by atoms with Gasteiger partial charge in [-0.2, -0.15) is 26.3 Å². The van der Waals surface area contributed by atoms with Crippen molar-refractivity contribution >= 4 is 23.6 Å². The molecular formula is C21H16F9N3O3. The normalized spacial score (nSPS) is 17.5. The third kappa shape index (κ3) is 6.59. The number of carbonyl (C=O) groups is 2. The van der Waals surface area contributed by atoms with Crippen molar-refractivity contribution in [1.82, 2.24) is 10.2 Å². The van der Waals surface area contributed by atoms with Crippen LogP contribution in [0.3, 0.4) is 0 Å². The predicted octanol–water partition coefficient (Wildman–Crippen LogP) is 5.20. The lowest BCUT2D eigenvalue weighted by Gasteiger charge is -2.30. The number of hydrogen-bond donors (Lipinski definition) is 2. The molecule has 2 aliphatic heterocycles. The molecule has 0 radical (unpaired) electrons. The molecule has 2 aromatic carbocycles. The number of halogens is 9. The Bertz CT molecular complexity index is 1110. The summed E-state index contributed by atoms with van der Waals surface area (Å²) >= 11 is 0. The molecule has 1 saturated heterocycles. The molecule has 4 rings (SSSR count). The zero-order valence-electron chi connectivity index (χ0n) is 17.8. The molecule has 2 heterocycles. The fourth-order valence-corrected chi connectivity index (χ4v) is 3.74. The van der Waals surface area contributed by atoms with Gasteiger partial charge in [0.1, 0.15) is 5.75 Å². The summed E-state index contributed by atoms with van der Waals surface area (Å²) < 4.78 is 113. The van der Waals surface area contributed by atoms with E-state index < -0.39 is 48.3 Å². The number of rotatable bonds is 3. The zero-order chi connectivity index (χ0) is 26.9. The minimum atomic E-state index is -4.84. The average Bonchev–Trinajstić information content (AvgIpc) is 3.05. The Balaban J connectivity index is 0.000000538. The molecule has 6 nitrogen and oxygen atoms in total. The van der Waals surface area contributed by atoms with E-state index in [1.54, 1.807) is 0 Å². The van der Waals surface area contributed by atoms with Crippen LogP contribution in [-0.4, -0.2) is 49.3 Å². The topological polar surface area (TPSA) is 70.7 Å². The minimum absolute atomic E-state index is 0.0748. The summed E-state index contributed by atoms with van der Waals surface area (Å²) in [6, 6.07) is 6.39. The van der Waals surface area contributed by atoms with Crippen LogP contribution >= 0.6 is 0 Å². The smallest absolute Gasteiger partial charge is 0.406 e. The third-order valence-corrected chi connectivity index (χ3v) is 5.06. The number of nitrogens with one attached hydrogen (secondary N) is 2. The summed E-state index contributed by atoms with van der Waals surface area (Å²) in [5.41, 5.74) is -0.789. The monoisotopic (exact) mass is 529 g/mol. The standard InChI is InChI=1S/C19H15F6N3O2.C2HF3O/c20-18(21,22)14-8-11(27-10-1-3-12(4-2-10)30-19(23,24)25)7-13-15-9-26-5-6-28(15)17(29)16(13)14;3-2(4,5)1-6/h1-4,7-8,15,26-27H,5-6,9H2;1H/t15-;/m0./s1. The minimum Gasteiger partial charge on any atom is -0.406 e. The second-order valence-electron chi connectivity index (χ2n) is 7.56. The molecule has 2 N–H and O–H groups in total. The Kier molecular flexibility index (Phi) is 7.43. The fourth-order valence-electron chi connectivity index (χ4n) is 3.74. The van der Waals surface area contributed by atoms with Gasteiger partial charge in [-0.3, -0.25) is 9.59 Å². The van der Waals surface area contributed by atoms with E-state index in [1.807, 2.05) is 0 Å². The van der Waals surface area contributed by atoms with E-state index in [0.717, 1.165) is 18.2 Å². The Morgan fingerprint density at radius 2 is 1.58 bits per heavy atom. The van der Waals surface area contributed by atoms with Crippen LogP contribution in [0.5, 0.6) is 5.75 Å². The van der Waals surface area contributed by atoms with Crippen LogP contribution in [0.4, 0.5) is 50.9 Å². The summed E-state index contributed by atoms with van der Waals surface area (Å²) in [6.07, 6.45) is -15.3. The predicted molar refractivity (Wildman–Crippen MR) is 107 cm³/mol. The fraction of sp³-hybridized carbons (Fsp3) is 0.333. The lowest BCUT2D eigenvalue weighted by molar-refractivity contribution is -0.274. The van der Waals surface area contributed by atoms with E-state index in [4.69, 9.17) is 4.79 Å². The van der Waals surface area contributed by atoms with Crippen LogP contribution in [0, 0.1) is 0 Å². The number of piperazine rings is 1. The van der Waals surface area contributed by atoms with Gasteiger partial charge >= 0.3 is 18.7 Å². The summed E-state index contributed by atoms with van der Waals surface area (Å²) in [5, 5.41) is 5.83. The molecule has 2 aliphatic rings. The van der Waals surface area contributed by atoms with Crippen LogP contribution in [-0.2, 0) is 11.0 Å². The first kappa shape index (κ1) is 27.1. The van der Waals surface area contributed by atoms with Crippen molar-refractivity contribution in [2.75, 3.05) is 25.0 Å². The highest BCUT2D eigenvalue weighted by Gasteiger charge is 2.45. The molecule has 0 saturated carbocycles. The Morgan fingerprint density at radius 3 is 2.11 bits per heavy atom. The lowest BCUT2D eigenvalue weighted by atomic mass is 9.97. The number of benzene rings is 2. The second kappa shape index (κ2) is 9.87. The van der Waals surface area contributed by atoms with Gasteiger partial charge in [0.05, 0.1) is 17.2 Å². The van der Waals surface area contributed by atoms with Crippen molar-refractivity contribution in [3.05, 3.63) is 53.1 Å². The maximum absolute atomic E-state index is 13.7. The summed E-state index contributed by atoms with van der Waals surface area (Å²) in [5.74, 6) is -1.10. The van der Waals surface area contributed by atoms with E-state index in [2.05, 4.69) is 15.4 Å². The highest BCUT2D eigenvalue weighted by molar-refractivity contribution is 6.01. The van der Waals surface area contributed by atoms with E-state index in [-0.39, 0.29) is 22.5 Å². The summed E-state index contributed by atoms with van der Waals surface area (Å²) in [4.78, 5) is 22.7. The SMILES string of the molecule is O=C1c2c(cc(Nc3ccc(OC(F)(F)F)cc3)cc2C(F)(F)F)[C@@H]2CNCCN12.O=CC(F)(F)F. The van der Waals surface area contributed by atoms with Crippen LogP contribution in [0.2, 0.25) is 0 Å². The van der Waals surface area contributed by atoms with Gasteiger partial charge in [-0.05, 0) is 42.0 Å². The van der Waals surface area contributed by atoms with Crippen molar-refractivity contribution in [2.24, 2.45) is 0 Å². The van der Waals surface area contributed by atoms with Gasteiger partial charge in [-0.15, -0.1) is 13.2 Å². The van der Waals surface area contributed by atoms with Gasteiger partial charge in [0.25, 0.3) is 5.91 Å². The molecule has 196 valence electrons. The molecule has 15 heteroatoms. The Labute approximate surface area is 197 Å². The molecule has 0 spiro atoms. The maximum Gasteiger partial charge on any atom is 0.573 e. The van der Waals surface area contributed by atoms with E-state index >= 15 is 0 Å². The van der Waals surface area contributed by atoms with Crippen LogP contribution in [0.15, 0.2) is 36.4 Å². The Hall–Kier alpha value is -3.49. The number of fused-ring (bicyclic) bond motifs is 3. The summed E-state index contributed by atoms with van der Waals surface area (Å²) in [7, 11) is 0. The van der Waals surface area contributed by atoms with Gasteiger partial charge in [-0.1, -0.05) is 0 Å². The number of nitrogens with zero attached hydrogens (tertiary/aromatic N) is 1. The number of ether oxygens (including phenoxy) is 1. The zero-order valence-corrected chi connectivity index (χ0v) is 17.8. The van der Waals surface area contributed by atoms with Gasteiger partial charge in [0.2, 0.25) is 6.29 Å². The molecule has 0 aromatic heterocycles. The van der Waals surface area contributed by atoms with Crippen molar-refractivity contribution in [2.45, 2.75) is 24.8 Å². The van der Waals surface area contributed by atoms with Crippen molar-refractivity contribution in [3.63, 3.8) is 0 Å². The number of alkyl halides is 9. The van der Waals surface area contributed by atoms with Gasteiger partial charge in [0.15, 0.2) is 0 Å². The number of amides is 1. The third-order valence-electron chi connectivity index (χ3n) is 5.06. The first-order valence-corrected chi connectivity index (χ1v) is 10.0. The summed E-state index contributed by atoms with van der Waals surface area (Å²) in [6.45, 7) is 1.14.